The number of rotatable bonds is 6. The molecule has 0 radical (unpaired) electrons. The lowest BCUT2D eigenvalue weighted by molar-refractivity contribution is 0.155. The molecule has 0 aromatic heterocycles. The highest BCUT2D eigenvalue weighted by Gasteiger charge is 2.80. The third-order valence-electron chi connectivity index (χ3n) is 7.37. The van der Waals surface area contributed by atoms with E-state index in [0.717, 1.165) is 23.2 Å². The summed E-state index contributed by atoms with van der Waals surface area (Å²) in [7, 11) is 0. The molecule has 4 rings (SSSR count). The van der Waals surface area contributed by atoms with Crippen molar-refractivity contribution < 1.29 is 0 Å². The predicted molar refractivity (Wildman–Crippen MR) is 87.6 cm³/mol. The lowest BCUT2D eigenvalue weighted by Gasteiger charge is -2.34. The molecule has 4 aliphatic carbocycles. The molecule has 20 heavy (non-hydrogen) atoms. The second kappa shape index (κ2) is 4.75. The summed E-state index contributed by atoms with van der Waals surface area (Å²) in [5.41, 5.74) is 4.44. The maximum atomic E-state index is 2.61. The van der Waals surface area contributed by atoms with Crippen molar-refractivity contribution in [2.24, 2.45) is 28.6 Å². The average Bonchev–Trinajstić information content (AvgIpc) is 2.69. The molecular weight excluding hydrogens is 240 g/mol. The summed E-state index contributed by atoms with van der Waals surface area (Å²) in [4.78, 5) is 0. The van der Waals surface area contributed by atoms with E-state index in [2.05, 4.69) is 46.8 Å². The molecule has 4 bridgehead atoms. The Balaban J connectivity index is 1.50. The van der Waals surface area contributed by atoms with E-state index < -0.39 is 0 Å². The van der Waals surface area contributed by atoms with E-state index in [1.165, 1.54) is 31.3 Å². The van der Waals surface area contributed by atoms with Crippen LogP contribution in [0.3, 0.4) is 0 Å². The molecule has 0 N–H and O–H groups in total. The van der Waals surface area contributed by atoms with Crippen molar-refractivity contribution in [1.29, 1.82) is 0 Å². The summed E-state index contributed by atoms with van der Waals surface area (Å²) in [6.07, 6.45) is 13.2. The molecule has 0 nitrogen and oxygen atoms in total. The van der Waals surface area contributed by atoms with E-state index in [4.69, 9.17) is 0 Å². The van der Waals surface area contributed by atoms with E-state index in [0.29, 0.717) is 5.41 Å². The SMILES string of the molecule is CC(C)=CCC/C(C)=C\CCC1(C)C2CC3C(C2)C31C. The molecule has 0 aliphatic heterocycles. The first-order valence-corrected chi connectivity index (χ1v) is 8.68. The van der Waals surface area contributed by atoms with Crippen LogP contribution < -0.4 is 0 Å². The van der Waals surface area contributed by atoms with E-state index >= 15 is 0 Å². The molecular formula is C20H32. The van der Waals surface area contributed by atoms with Crippen LogP contribution >= 0.6 is 0 Å². The molecule has 0 heteroatoms. The van der Waals surface area contributed by atoms with Crippen LogP contribution in [0.5, 0.6) is 0 Å². The molecule has 0 saturated heterocycles. The zero-order valence-electron chi connectivity index (χ0n) is 14.1. The molecule has 0 aromatic carbocycles. The van der Waals surface area contributed by atoms with Crippen LogP contribution in [0.4, 0.5) is 0 Å². The van der Waals surface area contributed by atoms with Gasteiger partial charge in [-0.05, 0) is 87.9 Å². The molecule has 4 aliphatic rings. The van der Waals surface area contributed by atoms with Crippen molar-refractivity contribution in [2.45, 2.75) is 73.1 Å². The van der Waals surface area contributed by atoms with Gasteiger partial charge in [0.1, 0.15) is 0 Å². The zero-order valence-corrected chi connectivity index (χ0v) is 14.1. The molecule has 3 unspecified atom stereocenters. The molecule has 3 atom stereocenters. The van der Waals surface area contributed by atoms with Crippen LogP contribution in [-0.4, -0.2) is 0 Å². The molecule has 0 amide bonds. The average molecular weight is 272 g/mol. The maximum absolute atomic E-state index is 2.61. The van der Waals surface area contributed by atoms with Gasteiger partial charge in [-0.3, -0.25) is 0 Å². The standard InChI is InChI=1S/C20H32/c1-14(2)8-6-9-15(3)10-7-11-19(4)16-12-17-18(13-16)20(17,19)5/h8,10,16-18H,6-7,9,11-13H2,1-5H3/b15-10-. The quantitative estimate of drug-likeness (QED) is 0.509. The Morgan fingerprint density at radius 1 is 1.00 bits per heavy atom. The Morgan fingerprint density at radius 2 is 1.65 bits per heavy atom. The Kier molecular flexibility index (Phi) is 3.42. The van der Waals surface area contributed by atoms with Gasteiger partial charge in [0, 0.05) is 0 Å². The first-order valence-electron chi connectivity index (χ1n) is 8.68. The first kappa shape index (κ1) is 14.4. The monoisotopic (exact) mass is 272 g/mol. The van der Waals surface area contributed by atoms with E-state index in [9.17, 15) is 0 Å². The van der Waals surface area contributed by atoms with Crippen molar-refractivity contribution in [3.8, 4) is 0 Å². The molecule has 0 spiro atoms. The lowest BCUT2D eigenvalue weighted by Crippen LogP contribution is -2.26. The van der Waals surface area contributed by atoms with E-state index in [-0.39, 0.29) is 0 Å². The van der Waals surface area contributed by atoms with Gasteiger partial charge in [0.05, 0.1) is 0 Å². The zero-order chi connectivity index (χ0) is 14.5. The van der Waals surface area contributed by atoms with Crippen LogP contribution in [0.15, 0.2) is 23.3 Å². The summed E-state index contributed by atoms with van der Waals surface area (Å²) >= 11 is 0. The highest BCUT2D eigenvalue weighted by molar-refractivity contribution is 5.29. The minimum Gasteiger partial charge on any atom is -0.0856 e. The third kappa shape index (κ3) is 1.94. The van der Waals surface area contributed by atoms with Crippen molar-refractivity contribution >= 4 is 0 Å². The minimum absolute atomic E-state index is 0.666. The van der Waals surface area contributed by atoms with Gasteiger partial charge >= 0.3 is 0 Å². The molecule has 4 saturated carbocycles. The van der Waals surface area contributed by atoms with Gasteiger partial charge in [-0.25, -0.2) is 0 Å². The van der Waals surface area contributed by atoms with Gasteiger partial charge < -0.3 is 0 Å². The van der Waals surface area contributed by atoms with Gasteiger partial charge in [-0.2, -0.15) is 0 Å². The van der Waals surface area contributed by atoms with Crippen molar-refractivity contribution in [1.82, 2.24) is 0 Å². The highest BCUT2D eigenvalue weighted by Crippen LogP contribution is 2.87. The van der Waals surface area contributed by atoms with Crippen LogP contribution in [-0.2, 0) is 0 Å². The smallest absolute Gasteiger partial charge is 0.0207 e. The fourth-order valence-electron chi connectivity index (χ4n) is 5.81. The Morgan fingerprint density at radius 3 is 2.15 bits per heavy atom. The summed E-state index contributed by atoms with van der Waals surface area (Å²) < 4.78 is 0. The molecule has 112 valence electrons. The minimum atomic E-state index is 0.666. The van der Waals surface area contributed by atoms with Gasteiger partial charge in [0.15, 0.2) is 0 Å². The van der Waals surface area contributed by atoms with Crippen molar-refractivity contribution in [2.75, 3.05) is 0 Å². The van der Waals surface area contributed by atoms with Crippen LogP contribution in [0.25, 0.3) is 0 Å². The third-order valence-corrected chi connectivity index (χ3v) is 7.37. The van der Waals surface area contributed by atoms with E-state index in [1.54, 1.807) is 18.4 Å². The van der Waals surface area contributed by atoms with Crippen LogP contribution in [0.2, 0.25) is 0 Å². The molecule has 4 fully saturated rings. The lowest BCUT2D eigenvalue weighted by atomic mass is 9.71. The summed E-state index contributed by atoms with van der Waals surface area (Å²) in [5, 5.41) is 0. The second-order valence-electron chi connectivity index (χ2n) is 8.49. The van der Waals surface area contributed by atoms with Gasteiger partial charge in [0.25, 0.3) is 0 Å². The maximum Gasteiger partial charge on any atom is -0.0207 e. The Bertz CT molecular complexity index is 437. The van der Waals surface area contributed by atoms with E-state index in [1.807, 2.05) is 0 Å². The normalized spacial score (nSPS) is 44.9. The van der Waals surface area contributed by atoms with Crippen LogP contribution in [0, 0.1) is 28.6 Å². The fraction of sp³-hybridized carbons (Fsp3) is 0.800. The molecule has 0 aromatic rings. The number of hydrogen-bond acceptors (Lipinski definition) is 0. The topological polar surface area (TPSA) is 0 Å². The van der Waals surface area contributed by atoms with Gasteiger partial charge in [-0.15, -0.1) is 0 Å². The molecule has 0 heterocycles. The van der Waals surface area contributed by atoms with Crippen molar-refractivity contribution in [3.63, 3.8) is 0 Å². The number of allylic oxidation sites excluding steroid dienone is 4. The van der Waals surface area contributed by atoms with Crippen LogP contribution in [0.1, 0.15) is 73.1 Å². The second-order valence-corrected chi connectivity index (χ2v) is 8.49. The highest BCUT2D eigenvalue weighted by atomic mass is 14.8. The first-order chi connectivity index (χ1) is 9.39. The predicted octanol–water partition coefficient (Wildman–Crippen LogP) is 6.14. The summed E-state index contributed by atoms with van der Waals surface area (Å²) in [6, 6.07) is 0. The summed E-state index contributed by atoms with van der Waals surface area (Å²) in [5.74, 6) is 3.28. The van der Waals surface area contributed by atoms with Crippen molar-refractivity contribution in [3.05, 3.63) is 23.3 Å². The van der Waals surface area contributed by atoms with Gasteiger partial charge in [-0.1, -0.05) is 37.1 Å². The Hall–Kier alpha value is -0.520. The Labute approximate surface area is 125 Å². The number of hydrogen-bond donors (Lipinski definition) is 0. The summed E-state index contributed by atoms with van der Waals surface area (Å²) in [6.45, 7) is 11.9. The fourth-order valence-corrected chi connectivity index (χ4v) is 5.81. The van der Waals surface area contributed by atoms with Gasteiger partial charge in [0.2, 0.25) is 0 Å². The largest absolute Gasteiger partial charge is 0.0856 e.